The van der Waals surface area contributed by atoms with Crippen LogP contribution < -0.4 is 4.90 Å². The lowest BCUT2D eigenvalue weighted by Crippen LogP contribution is -2.61. The van der Waals surface area contributed by atoms with Crippen molar-refractivity contribution in [3.05, 3.63) is 36.4 Å². The molecule has 26 heavy (non-hydrogen) atoms. The average Bonchev–Trinajstić information content (AvgIpc) is 3.27. The Bertz CT molecular complexity index is 802. The molecule has 0 saturated carbocycles. The van der Waals surface area contributed by atoms with Gasteiger partial charge in [-0.3, -0.25) is 14.3 Å². The molecule has 0 aromatic carbocycles. The van der Waals surface area contributed by atoms with Crippen molar-refractivity contribution in [2.24, 2.45) is 7.05 Å². The number of morpholine rings is 1. The Morgan fingerprint density at radius 2 is 2.27 bits per heavy atom. The summed E-state index contributed by atoms with van der Waals surface area (Å²) in [6.07, 6.45) is 5.16. The molecule has 2 aliphatic rings. The van der Waals surface area contributed by atoms with E-state index in [1.165, 1.54) is 0 Å². The second-order valence-electron chi connectivity index (χ2n) is 6.69. The van der Waals surface area contributed by atoms with E-state index < -0.39 is 5.60 Å². The number of nitrogens with zero attached hydrogens (tertiary/aromatic N) is 4. The van der Waals surface area contributed by atoms with Crippen molar-refractivity contribution >= 4 is 17.5 Å². The summed E-state index contributed by atoms with van der Waals surface area (Å²) in [6.45, 7) is 1.84. The van der Waals surface area contributed by atoms with Gasteiger partial charge in [0.2, 0.25) is 0 Å². The molecule has 2 aliphatic heterocycles. The van der Waals surface area contributed by atoms with Crippen molar-refractivity contribution in [2.75, 3.05) is 44.4 Å². The van der Waals surface area contributed by atoms with Gasteiger partial charge in [0, 0.05) is 26.0 Å². The Kier molecular flexibility index (Phi) is 4.25. The molecular formula is C17H21N5O4. The molecule has 1 atom stereocenters. The molecular weight excluding hydrogens is 338 g/mol. The van der Waals surface area contributed by atoms with E-state index in [-0.39, 0.29) is 18.4 Å². The number of amides is 2. The van der Waals surface area contributed by atoms with Crippen molar-refractivity contribution in [2.45, 2.75) is 5.60 Å². The van der Waals surface area contributed by atoms with E-state index in [0.29, 0.717) is 44.2 Å². The highest BCUT2D eigenvalue weighted by Crippen LogP contribution is 2.27. The number of rotatable bonds is 2. The number of hydrogen-bond acceptors (Lipinski definition) is 5. The molecule has 0 aliphatic carbocycles. The number of aromatic amines is 1. The summed E-state index contributed by atoms with van der Waals surface area (Å²) < 4.78 is 13.3. The molecule has 4 heterocycles. The SMILES string of the molecule is Cn1cc(N2CC3(COCCN(C(=O)c4ccc[nH]4)C3)OCC2=O)cn1. The highest BCUT2D eigenvalue weighted by Gasteiger charge is 2.44. The highest BCUT2D eigenvalue weighted by atomic mass is 16.6. The van der Waals surface area contributed by atoms with E-state index >= 15 is 0 Å². The third-order valence-electron chi connectivity index (χ3n) is 4.72. The zero-order valence-electron chi connectivity index (χ0n) is 14.6. The van der Waals surface area contributed by atoms with E-state index in [1.807, 2.05) is 0 Å². The molecule has 2 fully saturated rings. The summed E-state index contributed by atoms with van der Waals surface area (Å²) in [4.78, 5) is 31.4. The van der Waals surface area contributed by atoms with Crippen LogP contribution >= 0.6 is 0 Å². The van der Waals surface area contributed by atoms with Crippen LogP contribution in [-0.4, -0.2) is 76.5 Å². The Morgan fingerprint density at radius 3 is 3.00 bits per heavy atom. The number of aryl methyl sites for hydroxylation is 1. The minimum absolute atomic E-state index is 0.0528. The van der Waals surface area contributed by atoms with Crippen LogP contribution in [0.3, 0.4) is 0 Å². The van der Waals surface area contributed by atoms with E-state index in [4.69, 9.17) is 9.47 Å². The van der Waals surface area contributed by atoms with Crippen LogP contribution in [0, 0.1) is 0 Å². The molecule has 9 heteroatoms. The lowest BCUT2D eigenvalue weighted by atomic mass is 10.0. The standard InChI is InChI=1S/C17H21N5O4/c1-20-8-13(7-19-20)22-11-17(26-9-15(22)23)10-21(5-6-25-12-17)16(24)14-3-2-4-18-14/h2-4,7-8,18H,5-6,9-12H2,1H3. The average molecular weight is 359 g/mol. The van der Waals surface area contributed by atoms with E-state index in [1.54, 1.807) is 52.3 Å². The first-order chi connectivity index (χ1) is 12.6. The largest absolute Gasteiger partial charge is 0.376 e. The minimum Gasteiger partial charge on any atom is -0.376 e. The van der Waals surface area contributed by atoms with Gasteiger partial charge < -0.3 is 24.3 Å². The number of anilines is 1. The molecule has 2 aromatic heterocycles. The fraction of sp³-hybridized carbons (Fsp3) is 0.471. The zero-order chi connectivity index (χ0) is 18.1. The maximum absolute atomic E-state index is 12.7. The zero-order valence-corrected chi connectivity index (χ0v) is 14.6. The maximum atomic E-state index is 12.7. The first-order valence-electron chi connectivity index (χ1n) is 8.50. The van der Waals surface area contributed by atoms with Crippen molar-refractivity contribution in [1.29, 1.82) is 0 Å². The molecule has 9 nitrogen and oxygen atoms in total. The highest BCUT2D eigenvalue weighted by molar-refractivity contribution is 5.95. The number of H-pyrrole nitrogens is 1. The predicted octanol–water partition coefficient (Wildman–Crippen LogP) is 0.0228. The van der Waals surface area contributed by atoms with Crippen molar-refractivity contribution in [3.63, 3.8) is 0 Å². The molecule has 0 bridgehead atoms. The second kappa shape index (κ2) is 6.58. The normalized spacial score (nSPS) is 24.1. The van der Waals surface area contributed by atoms with Gasteiger partial charge in [0.15, 0.2) is 0 Å². The van der Waals surface area contributed by atoms with Crippen LogP contribution in [0.4, 0.5) is 5.69 Å². The number of aromatic nitrogens is 3. The van der Waals surface area contributed by atoms with Crippen molar-refractivity contribution in [1.82, 2.24) is 19.7 Å². The summed E-state index contributed by atoms with van der Waals surface area (Å²) in [5.74, 6) is -0.233. The van der Waals surface area contributed by atoms with Gasteiger partial charge in [-0.25, -0.2) is 0 Å². The second-order valence-corrected chi connectivity index (χ2v) is 6.69. The van der Waals surface area contributed by atoms with Gasteiger partial charge >= 0.3 is 0 Å². The van der Waals surface area contributed by atoms with Gasteiger partial charge in [-0.1, -0.05) is 0 Å². The number of ether oxygens (including phenoxy) is 2. The first kappa shape index (κ1) is 16.8. The molecule has 1 N–H and O–H groups in total. The number of carbonyl (C=O) groups excluding carboxylic acids is 2. The molecule has 138 valence electrons. The molecule has 0 radical (unpaired) electrons. The van der Waals surface area contributed by atoms with Gasteiger partial charge in [-0.2, -0.15) is 5.10 Å². The molecule has 2 amide bonds. The third kappa shape index (κ3) is 3.11. The molecule has 2 saturated heterocycles. The van der Waals surface area contributed by atoms with Crippen LogP contribution in [0.25, 0.3) is 0 Å². The lowest BCUT2D eigenvalue weighted by molar-refractivity contribution is -0.145. The molecule has 1 spiro atoms. The van der Waals surface area contributed by atoms with Gasteiger partial charge in [-0.05, 0) is 12.1 Å². The summed E-state index contributed by atoms with van der Waals surface area (Å²) in [7, 11) is 1.80. The van der Waals surface area contributed by atoms with Crippen LogP contribution in [0.5, 0.6) is 0 Å². The Balaban J connectivity index is 1.57. The Hall–Kier alpha value is -2.65. The quantitative estimate of drug-likeness (QED) is 0.816. The first-order valence-corrected chi connectivity index (χ1v) is 8.50. The molecule has 4 rings (SSSR count). The van der Waals surface area contributed by atoms with E-state index in [0.717, 1.165) is 0 Å². The van der Waals surface area contributed by atoms with E-state index in [9.17, 15) is 9.59 Å². The van der Waals surface area contributed by atoms with Gasteiger partial charge in [0.05, 0.1) is 38.2 Å². The lowest BCUT2D eigenvalue weighted by Gasteiger charge is -2.42. The van der Waals surface area contributed by atoms with Gasteiger partial charge in [-0.15, -0.1) is 0 Å². The fourth-order valence-electron chi connectivity index (χ4n) is 3.39. The van der Waals surface area contributed by atoms with Gasteiger partial charge in [0.1, 0.15) is 17.9 Å². The van der Waals surface area contributed by atoms with Crippen LogP contribution in [0.1, 0.15) is 10.5 Å². The number of carbonyl (C=O) groups is 2. The predicted molar refractivity (Wildman–Crippen MR) is 91.8 cm³/mol. The smallest absolute Gasteiger partial charge is 0.270 e. The Labute approximate surface area is 150 Å². The minimum atomic E-state index is -0.761. The molecule has 2 aromatic rings. The summed E-state index contributed by atoms with van der Waals surface area (Å²) in [6, 6.07) is 3.53. The molecule has 1 unspecified atom stereocenters. The third-order valence-corrected chi connectivity index (χ3v) is 4.72. The van der Waals surface area contributed by atoms with Crippen LogP contribution in [-0.2, 0) is 21.3 Å². The van der Waals surface area contributed by atoms with Crippen LogP contribution in [0.2, 0.25) is 0 Å². The van der Waals surface area contributed by atoms with Crippen molar-refractivity contribution < 1.29 is 19.1 Å². The fourth-order valence-corrected chi connectivity index (χ4v) is 3.39. The summed E-state index contributed by atoms with van der Waals surface area (Å²) >= 11 is 0. The summed E-state index contributed by atoms with van der Waals surface area (Å²) in [5, 5.41) is 4.14. The summed E-state index contributed by atoms with van der Waals surface area (Å²) in [5.41, 5.74) is 0.479. The number of nitrogens with one attached hydrogen (secondary N) is 1. The topological polar surface area (TPSA) is 92.7 Å². The Morgan fingerprint density at radius 1 is 1.38 bits per heavy atom. The monoisotopic (exact) mass is 359 g/mol. The van der Waals surface area contributed by atoms with E-state index in [2.05, 4.69) is 10.1 Å². The van der Waals surface area contributed by atoms with Gasteiger partial charge in [0.25, 0.3) is 11.8 Å². The number of hydrogen-bond donors (Lipinski definition) is 1. The maximum Gasteiger partial charge on any atom is 0.270 e. The van der Waals surface area contributed by atoms with Crippen LogP contribution in [0.15, 0.2) is 30.7 Å². The van der Waals surface area contributed by atoms with Crippen molar-refractivity contribution in [3.8, 4) is 0 Å².